The summed E-state index contributed by atoms with van der Waals surface area (Å²) >= 11 is 0. The molecule has 1 amide bonds. The van der Waals surface area contributed by atoms with Gasteiger partial charge >= 0.3 is 5.97 Å². The molecule has 0 aliphatic heterocycles. The van der Waals surface area contributed by atoms with Gasteiger partial charge in [0.15, 0.2) is 0 Å². The third-order valence-electron chi connectivity index (χ3n) is 5.16. The molecule has 118 valence electrons. The molecule has 1 aromatic carbocycles. The molecule has 3 aliphatic carbocycles. The van der Waals surface area contributed by atoms with Gasteiger partial charge in [0.2, 0.25) is 5.91 Å². The van der Waals surface area contributed by atoms with E-state index in [1.54, 1.807) is 31.4 Å². The Hall–Kier alpha value is -2.04. The van der Waals surface area contributed by atoms with Crippen LogP contribution in [0.25, 0.3) is 0 Å². The molecule has 4 rings (SSSR count). The van der Waals surface area contributed by atoms with E-state index in [0.717, 1.165) is 31.4 Å². The maximum absolute atomic E-state index is 12.6. The van der Waals surface area contributed by atoms with Crippen molar-refractivity contribution in [3.8, 4) is 5.75 Å². The Labute approximate surface area is 129 Å². The van der Waals surface area contributed by atoms with Crippen molar-refractivity contribution in [2.75, 3.05) is 12.4 Å². The summed E-state index contributed by atoms with van der Waals surface area (Å²) in [7, 11) is 1.59. The van der Waals surface area contributed by atoms with Crippen LogP contribution in [0.3, 0.4) is 0 Å². The van der Waals surface area contributed by atoms with Gasteiger partial charge in [-0.15, -0.1) is 0 Å². The van der Waals surface area contributed by atoms with Gasteiger partial charge in [-0.1, -0.05) is 0 Å². The fourth-order valence-electron chi connectivity index (χ4n) is 4.08. The fourth-order valence-corrected chi connectivity index (χ4v) is 4.08. The normalized spacial score (nSPS) is 29.9. The Balaban J connectivity index is 1.76. The minimum atomic E-state index is -0.829. The summed E-state index contributed by atoms with van der Waals surface area (Å²) in [4.78, 5) is 24.2. The Kier molecular flexibility index (Phi) is 4.05. The number of carboxylic acids is 1. The molecule has 3 aliphatic rings. The largest absolute Gasteiger partial charge is 0.497 e. The number of methoxy groups -OCH3 is 1. The van der Waals surface area contributed by atoms with E-state index in [1.165, 1.54) is 0 Å². The Bertz CT molecular complexity index is 561. The Morgan fingerprint density at radius 2 is 1.59 bits per heavy atom. The highest BCUT2D eigenvalue weighted by Gasteiger charge is 2.50. The van der Waals surface area contributed by atoms with E-state index in [4.69, 9.17) is 4.74 Å². The van der Waals surface area contributed by atoms with Crippen molar-refractivity contribution in [2.45, 2.75) is 25.7 Å². The predicted molar refractivity (Wildman–Crippen MR) is 81.7 cm³/mol. The molecule has 0 unspecified atom stereocenters. The van der Waals surface area contributed by atoms with Crippen molar-refractivity contribution < 1.29 is 19.4 Å². The van der Waals surface area contributed by atoms with Crippen LogP contribution < -0.4 is 10.1 Å². The van der Waals surface area contributed by atoms with E-state index in [9.17, 15) is 14.7 Å². The average molecular weight is 303 g/mol. The summed E-state index contributed by atoms with van der Waals surface area (Å²) < 4.78 is 5.09. The maximum atomic E-state index is 12.6. The number of ether oxygens (including phenoxy) is 1. The van der Waals surface area contributed by atoms with Gasteiger partial charge < -0.3 is 15.2 Å². The predicted octanol–water partition coefficient (Wildman–Crippen LogP) is 2.77. The Morgan fingerprint density at radius 3 is 2.09 bits per heavy atom. The van der Waals surface area contributed by atoms with Crippen LogP contribution in [-0.4, -0.2) is 24.1 Å². The molecule has 2 bridgehead atoms. The number of hydrogen-bond donors (Lipinski definition) is 2. The van der Waals surface area contributed by atoms with Crippen molar-refractivity contribution in [3.63, 3.8) is 0 Å². The van der Waals surface area contributed by atoms with Crippen molar-refractivity contribution in [2.24, 2.45) is 23.7 Å². The van der Waals surface area contributed by atoms with Gasteiger partial charge in [0.25, 0.3) is 0 Å². The zero-order valence-corrected chi connectivity index (χ0v) is 12.6. The first-order valence-corrected chi connectivity index (χ1v) is 7.78. The molecule has 3 fully saturated rings. The number of fused-ring (bicyclic) bond motifs is 3. The summed E-state index contributed by atoms with van der Waals surface area (Å²) in [6.45, 7) is 0. The number of carboxylic acid groups (broad SMARTS) is 1. The molecular weight excluding hydrogens is 282 g/mol. The van der Waals surface area contributed by atoms with Crippen LogP contribution in [-0.2, 0) is 9.59 Å². The second-order valence-corrected chi connectivity index (χ2v) is 6.28. The number of amides is 1. The zero-order valence-electron chi connectivity index (χ0n) is 12.6. The third kappa shape index (κ3) is 2.67. The minimum Gasteiger partial charge on any atom is -0.497 e. The number of aliphatic carboxylic acids is 1. The number of carbonyl (C=O) groups is 2. The van der Waals surface area contributed by atoms with E-state index in [1.807, 2.05) is 0 Å². The number of carbonyl (C=O) groups excluding carboxylic acids is 1. The topological polar surface area (TPSA) is 75.6 Å². The van der Waals surface area contributed by atoms with E-state index >= 15 is 0 Å². The van der Waals surface area contributed by atoms with Crippen LogP contribution in [0.5, 0.6) is 5.75 Å². The molecule has 0 aromatic heterocycles. The number of hydrogen-bond acceptors (Lipinski definition) is 3. The van der Waals surface area contributed by atoms with Gasteiger partial charge in [0.1, 0.15) is 5.75 Å². The smallest absolute Gasteiger partial charge is 0.307 e. The molecule has 0 spiro atoms. The summed E-state index contributed by atoms with van der Waals surface area (Å²) in [6.07, 6.45) is 3.81. The summed E-state index contributed by atoms with van der Waals surface area (Å²) in [5.41, 5.74) is 0.677. The molecular formula is C17H21NO4. The van der Waals surface area contributed by atoms with Gasteiger partial charge in [0.05, 0.1) is 18.9 Å². The first kappa shape index (κ1) is 14.9. The van der Waals surface area contributed by atoms with Crippen LogP contribution in [0, 0.1) is 23.7 Å². The molecule has 5 nitrogen and oxygen atoms in total. The maximum Gasteiger partial charge on any atom is 0.307 e. The van der Waals surface area contributed by atoms with Crippen molar-refractivity contribution in [1.29, 1.82) is 0 Å². The highest BCUT2D eigenvalue weighted by molar-refractivity contribution is 5.95. The van der Waals surface area contributed by atoms with Gasteiger partial charge in [0, 0.05) is 5.69 Å². The van der Waals surface area contributed by atoms with E-state index < -0.39 is 17.8 Å². The standard InChI is InChI=1S/C17H21NO4/c1-22-13-8-6-12(7-9-13)18-16(19)14-10-2-4-11(5-3-10)15(14)17(20)21/h6-11,14-15H,2-5H2,1H3,(H,18,19)(H,20,21)/t10?,11?,14-,15+/m1/s1. The molecule has 22 heavy (non-hydrogen) atoms. The summed E-state index contributed by atoms with van der Waals surface area (Å²) in [5.74, 6) is -0.870. The van der Waals surface area contributed by atoms with Crippen LogP contribution >= 0.6 is 0 Å². The monoisotopic (exact) mass is 303 g/mol. The lowest BCUT2D eigenvalue weighted by Crippen LogP contribution is -2.49. The molecule has 0 saturated heterocycles. The number of anilines is 1. The van der Waals surface area contributed by atoms with Crippen molar-refractivity contribution in [1.82, 2.24) is 0 Å². The number of nitrogens with one attached hydrogen (secondary N) is 1. The van der Waals surface area contributed by atoms with Gasteiger partial charge in [-0.2, -0.15) is 0 Å². The molecule has 0 radical (unpaired) electrons. The van der Waals surface area contributed by atoms with E-state index in [-0.39, 0.29) is 17.7 Å². The highest BCUT2D eigenvalue weighted by Crippen LogP contribution is 2.49. The molecule has 2 N–H and O–H groups in total. The second-order valence-electron chi connectivity index (χ2n) is 6.28. The second kappa shape index (κ2) is 5.99. The number of benzene rings is 1. The lowest BCUT2D eigenvalue weighted by molar-refractivity contribution is -0.156. The molecule has 5 heteroatoms. The van der Waals surface area contributed by atoms with Gasteiger partial charge in [-0.05, 0) is 61.8 Å². The van der Waals surface area contributed by atoms with Gasteiger partial charge in [-0.25, -0.2) is 0 Å². The van der Waals surface area contributed by atoms with Crippen molar-refractivity contribution in [3.05, 3.63) is 24.3 Å². The fraction of sp³-hybridized carbons (Fsp3) is 0.529. The number of rotatable bonds is 4. The third-order valence-corrected chi connectivity index (χ3v) is 5.16. The Morgan fingerprint density at radius 1 is 1.05 bits per heavy atom. The van der Waals surface area contributed by atoms with Crippen LogP contribution in [0.15, 0.2) is 24.3 Å². The minimum absolute atomic E-state index is 0.147. The molecule has 3 saturated carbocycles. The summed E-state index contributed by atoms with van der Waals surface area (Å²) in [5, 5.41) is 12.4. The van der Waals surface area contributed by atoms with Crippen LogP contribution in [0.1, 0.15) is 25.7 Å². The average Bonchev–Trinajstić information content (AvgIpc) is 2.55. The SMILES string of the molecule is COc1ccc(NC(=O)[C@@H]2C3CCC(CC3)[C@@H]2C(=O)O)cc1. The lowest BCUT2D eigenvalue weighted by Gasteiger charge is -2.45. The first-order chi connectivity index (χ1) is 10.6. The molecule has 2 atom stereocenters. The van der Waals surface area contributed by atoms with Crippen molar-refractivity contribution >= 4 is 17.6 Å². The van der Waals surface area contributed by atoms with Crippen LogP contribution in [0.2, 0.25) is 0 Å². The highest BCUT2D eigenvalue weighted by atomic mass is 16.5. The van der Waals surface area contributed by atoms with E-state index in [2.05, 4.69) is 5.32 Å². The zero-order chi connectivity index (χ0) is 15.7. The lowest BCUT2D eigenvalue weighted by atomic mass is 9.58. The molecule has 1 aromatic rings. The van der Waals surface area contributed by atoms with Gasteiger partial charge in [-0.3, -0.25) is 9.59 Å². The molecule has 0 heterocycles. The first-order valence-electron chi connectivity index (χ1n) is 7.78. The summed E-state index contributed by atoms with van der Waals surface area (Å²) in [6, 6.07) is 7.09. The van der Waals surface area contributed by atoms with Crippen LogP contribution in [0.4, 0.5) is 5.69 Å². The quantitative estimate of drug-likeness (QED) is 0.897. The van der Waals surface area contributed by atoms with E-state index in [0.29, 0.717) is 5.69 Å².